The Hall–Kier alpha value is -1.84. The summed E-state index contributed by atoms with van der Waals surface area (Å²) in [5.41, 5.74) is 1.06. The van der Waals surface area contributed by atoms with E-state index in [0.29, 0.717) is 25.4 Å². The predicted octanol–water partition coefficient (Wildman–Crippen LogP) is 6.78. The van der Waals surface area contributed by atoms with Gasteiger partial charge in [0.15, 0.2) is 0 Å². The molecule has 0 N–H and O–H groups in total. The number of carbonyl (C=O) groups excluding carboxylic acids is 2. The molecule has 1 rings (SSSR count). The fourth-order valence-corrected chi connectivity index (χ4v) is 3.27. The molecule has 1 atom stereocenters. The maximum atomic E-state index is 12.1. The Morgan fingerprint density at radius 2 is 1.41 bits per heavy atom. The van der Waals surface area contributed by atoms with E-state index in [0.717, 1.165) is 63.4 Å². The zero-order valence-corrected chi connectivity index (χ0v) is 18.7. The van der Waals surface area contributed by atoms with Crippen LogP contribution in [0.3, 0.4) is 0 Å². The number of rotatable bonds is 16. The van der Waals surface area contributed by atoms with Gasteiger partial charge in [-0.2, -0.15) is 0 Å². The van der Waals surface area contributed by atoms with Crippen molar-refractivity contribution in [2.45, 2.75) is 97.5 Å². The van der Waals surface area contributed by atoms with Gasteiger partial charge in [0.05, 0.1) is 6.61 Å². The number of hydrogen-bond acceptors (Lipinski definition) is 4. The van der Waals surface area contributed by atoms with E-state index in [9.17, 15) is 9.59 Å². The van der Waals surface area contributed by atoms with Crippen molar-refractivity contribution >= 4 is 11.9 Å². The molecule has 0 bridgehead atoms. The molecule has 164 valence electrons. The molecule has 1 aromatic rings. The van der Waals surface area contributed by atoms with Crippen LogP contribution in [0.15, 0.2) is 30.3 Å². The smallest absolute Gasteiger partial charge is 0.306 e. The van der Waals surface area contributed by atoms with Crippen molar-refractivity contribution in [3.05, 3.63) is 35.9 Å². The van der Waals surface area contributed by atoms with Crippen molar-refractivity contribution < 1.29 is 19.1 Å². The van der Waals surface area contributed by atoms with Gasteiger partial charge in [-0.25, -0.2) is 0 Å². The molecule has 0 saturated heterocycles. The summed E-state index contributed by atoms with van der Waals surface area (Å²) in [6, 6.07) is 9.91. The molecular formula is C25H40O4. The third-order valence-corrected chi connectivity index (χ3v) is 5.02. The molecule has 0 aliphatic carbocycles. The van der Waals surface area contributed by atoms with Crippen LogP contribution in [0, 0.1) is 5.92 Å². The number of carbonyl (C=O) groups is 2. The van der Waals surface area contributed by atoms with Gasteiger partial charge in [0.25, 0.3) is 0 Å². The minimum absolute atomic E-state index is 0.0691. The highest BCUT2D eigenvalue weighted by molar-refractivity contribution is 5.69. The van der Waals surface area contributed by atoms with Crippen molar-refractivity contribution in [1.29, 1.82) is 0 Å². The summed E-state index contributed by atoms with van der Waals surface area (Å²) >= 11 is 0. The van der Waals surface area contributed by atoms with Crippen LogP contribution >= 0.6 is 0 Å². The van der Waals surface area contributed by atoms with Crippen LogP contribution in [-0.2, 0) is 19.1 Å². The molecule has 0 aliphatic heterocycles. The highest BCUT2D eigenvalue weighted by atomic mass is 16.5. The fourth-order valence-electron chi connectivity index (χ4n) is 3.27. The predicted molar refractivity (Wildman–Crippen MR) is 118 cm³/mol. The van der Waals surface area contributed by atoms with E-state index in [4.69, 9.17) is 9.47 Å². The summed E-state index contributed by atoms with van der Waals surface area (Å²) < 4.78 is 10.9. The normalized spacial score (nSPS) is 12.0. The molecule has 0 amide bonds. The largest absolute Gasteiger partial charge is 0.466 e. The molecule has 1 aromatic carbocycles. The lowest BCUT2D eigenvalue weighted by Crippen LogP contribution is -2.10. The Balaban J connectivity index is 1.98. The summed E-state index contributed by atoms with van der Waals surface area (Å²) in [5, 5.41) is 0. The zero-order valence-electron chi connectivity index (χ0n) is 18.7. The quantitative estimate of drug-likeness (QED) is 0.225. The van der Waals surface area contributed by atoms with Crippen LogP contribution in [0.25, 0.3) is 0 Å². The van der Waals surface area contributed by atoms with Crippen molar-refractivity contribution in [2.75, 3.05) is 6.61 Å². The zero-order chi connectivity index (χ0) is 21.3. The average molecular weight is 405 g/mol. The van der Waals surface area contributed by atoms with Crippen molar-refractivity contribution in [3.63, 3.8) is 0 Å². The molecule has 0 aliphatic rings. The lowest BCUT2D eigenvalue weighted by Gasteiger charge is -2.16. The van der Waals surface area contributed by atoms with E-state index in [1.165, 1.54) is 0 Å². The highest BCUT2D eigenvalue weighted by Gasteiger charge is 2.14. The van der Waals surface area contributed by atoms with Crippen molar-refractivity contribution in [2.24, 2.45) is 5.92 Å². The molecule has 0 radical (unpaired) electrons. The van der Waals surface area contributed by atoms with Gasteiger partial charge < -0.3 is 9.47 Å². The van der Waals surface area contributed by atoms with Crippen LogP contribution < -0.4 is 0 Å². The van der Waals surface area contributed by atoms with Crippen LogP contribution in [-0.4, -0.2) is 18.5 Å². The van der Waals surface area contributed by atoms with Gasteiger partial charge in [0.2, 0.25) is 0 Å². The molecule has 0 fully saturated rings. The van der Waals surface area contributed by atoms with Crippen LogP contribution in [0.4, 0.5) is 0 Å². The van der Waals surface area contributed by atoms with Crippen molar-refractivity contribution in [3.8, 4) is 0 Å². The van der Waals surface area contributed by atoms with E-state index in [1.807, 2.05) is 37.3 Å². The first-order valence-electron chi connectivity index (χ1n) is 11.4. The summed E-state index contributed by atoms with van der Waals surface area (Å²) in [6.45, 7) is 6.94. The van der Waals surface area contributed by atoms with E-state index in [1.54, 1.807) is 0 Å². The highest BCUT2D eigenvalue weighted by Crippen LogP contribution is 2.21. The first kappa shape index (κ1) is 25.2. The average Bonchev–Trinajstić information content (AvgIpc) is 2.71. The topological polar surface area (TPSA) is 52.6 Å². The molecule has 0 saturated carbocycles. The van der Waals surface area contributed by atoms with Gasteiger partial charge >= 0.3 is 11.9 Å². The lowest BCUT2D eigenvalue weighted by molar-refractivity contribution is -0.150. The van der Waals surface area contributed by atoms with Gasteiger partial charge in [-0.1, -0.05) is 76.8 Å². The number of benzene rings is 1. The number of esters is 2. The van der Waals surface area contributed by atoms with E-state index in [2.05, 4.69) is 13.8 Å². The first-order valence-corrected chi connectivity index (χ1v) is 11.4. The van der Waals surface area contributed by atoms with Gasteiger partial charge in [-0.3, -0.25) is 9.59 Å². The Bertz CT molecular complexity index is 553. The van der Waals surface area contributed by atoms with Gasteiger partial charge in [-0.15, -0.1) is 0 Å². The first-order chi connectivity index (χ1) is 14.0. The van der Waals surface area contributed by atoms with Crippen LogP contribution in [0.5, 0.6) is 0 Å². The molecule has 4 heteroatoms. The fraction of sp³-hybridized carbons (Fsp3) is 0.680. The summed E-state index contributed by atoms with van der Waals surface area (Å²) in [5.74, 6) is 0.480. The van der Waals surface area contributed by atoms with Crippen LogP contribution in [0.2, 0.25) is 0 Å². The second kappa shape index (κ2) is 16.0. The third kappa shape index (κ3) is 13.1. The van der Waals surface area contributed by atoms with E-state index in [-0.39, 0.29) is 18.0 Å². The Morgan fingerprint density at radius 3 is 2.00 bits per heavy atom. The van der Waals surface area contributed by atoms with Gasteiger partial charge in [0, 0.05) is 12.8 Å². The number of ether oxygens (including phenoxy) is 2. The second-order valence-corrected chi connectivity index (χ2v) is 8.18. The maximum Gasteiger partial charge on any atom is 0.306 e. The van der Waals surface area contributed by atoms with E-state index >= 15 is 0 Å². The van der Waals surface area contributed by atoms with Crippen LogP contribution in [0.1, 0.15) is 103 Å². The lowest BCUT2D eigenvalue weighted by atomic mass is 10.1. The molecule has 0 heterocycles. The Kier molecular flexibility index (Phi) is 13.9. The minimum Gasteiger partial charge on any atom is -0.466 e. The summed E-state index contributed by atoms with van der Waals surface area (Å²) in [6.07, 6.45) is 9.70. The monoisotopic (exact) mass is 404 g/mol. The molecular weight excluding hydrogens is 364 g/mol. The second-order valence-electron chi connectivity index (χ2n) is 8.18. The van der Waals surface area contributed by atoms with Crippen molar-refractivity contribution in [1.82, 2.24) is 0 Å². The summed E-state index contributed by atoms with van der Waals surface area (Å²) in [7, 11) is 0. The number of hydrogen-bond donors (Lipinski definition) is 0. The Labute approximate surface area is 177 Å². The minimum atomic E-state index is -0.145. The van der Waals surface area contributed by atoms with Gasteiger partial charge in [0.1, 0.15) is 6.10 Å². The molecule has 29 heavy (non-hydrogen) atoms. The van der Waals surface area contributed by atoms with E-state index < -0.39 is 0 Å². The Morgan fingerprint density at radius 1 is 0.828 bits per heavy atom. The molecule has 1 unspecified atom stereocenters. The molecule has 0 spiro atoms. The molecule has 0 aromatic heterocycles. The maximum absolute atomic E-state index is 12.1. The van der Waals surface area contributed by atoms with Gasteiger partial charge in [-0.05, 0) is 43.6 Å². The summed E-state index contributed by atoms with van der Waals surface area (Å²) in [4.78, 5) is 23.7. The molecule has 4 nitrogen and oxygen atoms in total. The number of unbranched alkanes of at least 4 members (excludes halogenated alkanes) is 5. The third-order valence-electron chi connectivity index (χ3n) is 5.02. The SMILES string of the molecule is CCC(OC(=O)CCCCCCCCC(=O)OCCCC(C)C)c1ccccc1. The standard InChI is InChI=1S/C25H40O4/c1-4-23(22-16-10-9-11-17-22)29-25(27)19-13-8-6-5-7-12-18-24(26)28-20-14-15-21(2)3/h9-11,16-17,21,23H,4-8,12-15,18-20H2,1-3H3.